The van der Waals surface area contributed by atoms with E-state index in [1.807, 2.05) is 41.5 Å². The van der Waals surface area contributed by atoms with Gasteiger partial charge in [0.1, 0.15) is 23.9 Å². The summed E-state index contributed by atoms with van der Waals surface area (Å²) in [4.78, 5) is 47.1. The van der Waals surface area contributed by atoms with Crippen LogP contribution in [-0.2, 0) is 35.9 Å². The largest absolute Gasteiger partial charge is 0.369 e. The third kappa shape index (κ3) is 15.4. The van der Waals surface area contributed by atoms with Gasteiger partial charge < -0.3 is 15.5 Å². The Bertz CT molecular complexity index is 1140. The number of carbonyl (C=O) groups excluding carboxylic acids is 3. The van der Waals surface area contributed by atoms with Crippen LogP contribution >= 0.6 is 0 Å². The first kappa shape index (κ1) is 35.8. The van der Waals surface area contributed by atoms with Crippen LogP contribution in [0, 0.1) is 17.8 Å². The summed E-state index contributed by atoms with van der Waals surface area (Å²) in [5.74, 6) is -3.10. The lowest BCUT2D eigenvalue weighted by molar-refractivity contribution is -0.156. The van der Waals surface area contributed by atoms with Crippen molar-refractivity contribution < 1.29 is 31.5 Å². The van der Waals surface area contributed by atoms with Crippen LogP contribution in [0.4, 0.5) is 3.89 Å². The van der Waals surface area contributed by atoms with Gasteiger partial charge in [0.25, 0.3) is 0 Å². The fourth-order valence-electron chi connectivity index (χ4n) is 4.20. The lowest BCUT2D eigenvalue weighted by atomic mass is 9.99. The van der Waals surface area contributed by atoms with E-state index in [0.717, 1.165) is 5.56 Å². The van der Waals surface area contributed by atoms with Crippen LogP contribution in [0.25, 0.3) is 10.4 Å². The molecule has 0 aliphatic carbocycles. The molecule has 0 saturated carbocycles. The molecule has 1 aromatic rings. The zero-order valence-corrected chi connectivity index (χ0v) is 25.4. The number of hydrogen-bond donors (Lipinski definition) is 3. The number of halogens is 1. The topological polar surface area (TPSA) is 179 Å². The van der Waals surface area contributed by atoms with Crippen LogP contribution in [-0.4, -0.2) is 56.1 Å². The second-order valence-electron chi connectivity index (χ2n) is 11.4. The second kappa shape index (κ2) is 17.6. The maximum absolute atomic E-state index is 13.4. The van der Waals surface area contributed by atoms with Crippen LogP contribution in [0.1, 0.15) is 66.4 Å². The molecule has 2 amide bonds. The number of azide groups is 1. The van der Waals surface area contributed by atoms with Gasteiger partial charge in [-0.1, -0.05) is 77.0 Å². The predicted octanol–water partition coefficient (Wildman–Crippen LogP) is 3.73. The molecule has 0 fully saturated rings. The van der Waals surface area contributed by atoms with Gasteiger partial charge in [-0.3, -0.25) is 9.59 Å². The van der Waals surface area contributed by atoms with Crippen molar-refractivity contribution in [3.05, 3.63) is 46.3 Å². The second-order valence-corrected chi connectivity index (χ2v) is 12.8. The fourth-order valence-corrected chi connectivity index (χ4v) is 4.90. The van der Waals surface area contributed by atoms with E-state index >= 15 is 0 Å². The number of hydrogen-bond acceptors (Lipinski definition) is 8. The van der Waals surface area contributed by atoms with Crippen molar-refractivity contribution in [3.8, 4) is 0 Å². The first-order chi connectivity index (χ1) is 19.1. The van der Waals surface area contributed by atoms with E-state index in [1.54, 1.807) is 30.3 Å². The molecule has 14 heteroatoms. The summed E-state index contributed by atoms with van der Waals surface area (Å²) in [5, 5.41) is 8.76. The van der Waals surface area contributed by atoms with Gasteiger partial charge in [-0.15, -0.1) is 9.37 Å². The lowest BCUT2D eigenvalue weighted by Gasteiger charge is -2.27. The first-order valence-corrected chi connectivity index (χ1v) is 15.2. The molecule has 3 N–H and O–H groups in total. The highest BCUT2D eigenvalue weighted by Gasteiger charge is 2.31. The first-order valence-electron chi connectivity index (χ1n) is 13.7. The van der Waals surface area contributed by atoms with E-state index in [1.165, 1.54) is 0 Å². The minimum Gasteiger partial charge on any atom is -0.369 e. The Morgan fingerprint density at radius 1 is 0.902 bits per heavy atom. The van der Waals surface area contributed by atoms with Gasteiger partial charge in [-0.2, -0.15) is 8.42 Å². The fraction of sp³-hybridized carbons (Fsp3) is 0.667. The van der Waals surface area contributed by atoms with E-state index in [4.69, 9.17) is 10.4 Å². The highest BCUT2D eigenvalue weighted by Crippen LogP contribution is 2.13. The Morgan fingerprint density at radius 2 is 1.44 bits per heavy atom. The van der Waals surface area contributed by atoms with Crippen LogP contribution < -0.4 is 16.1 Å². The highest BCUT2D eigenvalue weighted by molar-refractivity contribution is 7.86. The van der Waals surface area contributed by atoms with E-state index < -0.39 is 57.9 Å². The molecule has 41 heavy (non-hydrogen) atoms. The average Bonchev–Trinajstić information content (AvgIpc) is 2.84. The normalized spacial score (nSPS) is 14.6. The Hall–Kier alpha value is -3.22. The predicted molar refractivity (Wildman–Crippen MR) is 153 cm³/mol. The molecular weight excluding hydrogens is 555 g/mol. The number of rotatable bonds is 18. The van der Waals surface area contributed by atoms with Gasteiger partial charge in [0.05, 0.1) is 0 Å². The van der Waals surface area contributed by atoms with E-state index in [-0.39, 0.29) is 43.4 Å². The molecule has 0 spiro atoms. The van der Waals surface area contributed by atoms with Crippen LogP contribution in [0.2, 0.25) is 0 Å². The molecule has 1 rings (SSSR count). The van der Waals surface area contributed by atoms with Gasteiger partial charge in [0.15, 0.2) is 0 Å². The van der Waals surface area contributed by atoms with Crippen LogP contribution in [0.5, 0.6) is 0 Å². The van der Waals surface area contributed by atoms with Gasteiger partial charge in [0.2, 0.25) is 11.8 Å². The summed E-state index contributed by atoms with van der Waals surface area (Å²) >= 11 is 0. The van der Waals surface area contributed by atoms with Crippen molar-refractivity contribution in [3.63, 3.8) is 0 Å². The van der Waals surface area contributed by atoms with Crippen LogP contribution in [0.3, 0.4) is 0 Å². The molecule has 0 heterocycles. The number of carbonyl (C=O) groups is 3. The monoisotopic (exact) mass is 598 g/mol. The van der Waals surface area contributed by atoms with Crippen molar-refractivity contribution in [2.75, 3.05) is 5.75 Å². The zero-order chi connectivity index (χ0) is 31.2. The summed E-state index contributed by atoms with van der Waals surface area (Å²) in [6.07, 6.45) is 0.768. The quantitative estimate of drug-likeness (QED) is 0.0757. The van der Waals surface area contributed by atoms with Crippen molar-refractivity contribution in [2.45, 2.75) is 91.4 Å². The molecule has 1 unspecified atom stereocenters. The third-order valence-corrected chi connectivity index (χ3v) is 6.70. The van der Waals surface area contributed by atoms with Gasteiger partial charge in [-0.05, 0) is 54.5 Å². The minimum absolute atomic E-state index is 0.0169. The summed E-state index contributed by atoms with van der Waals surface area (Å²) in [5.41, 5.74) is 12.1. The molecule has 230 valence electrons. The molecule has 0 saturated heterocycles. The molecule has 1 aromatic carbocycles. The zero-order valence-electron chi connectivity index (χ0n) is 24.5. The van der Waals surface area contributed by atoms with E-state index in [2.05, 4.69) is 26.1 Å². The van der Waals surface area contributed by atoms with Crippen LogP contribution in [0.15, 0.2) is 35.4 Å². The van der Waals surface area contributed by atoms with Gasteiger partial charge in [0, 0.05) is 11.0 Å². The van der Waals surface area contributed by atoms with Crippen molar-refractivity contribution >= 4 is 28.0 Å². The Morgan fingerprint density at radius 3 is 1.95 bits per heavy atom. The smallest absolute Gasteiger partial charge is 0.334 e. The summed E-state index contributed by atoms with van der Waals surface area (Å²) < 4.78 is 36.0. The number of nitrogens with zero attached hydrogens (tertiary/aromatic N) is 3. The number of nitrogens with one attached hydrogen (secondary N) is 3. The van der Waals surface area contributed by atoms with Gasteiger partial charge >= 0.3 is 16.2 Å². The van der Waals surface area contributed by atoms with E-state index in [9.17, 15) is 26.7 Å². The molecule has 0 aliphatic rings. The molecule has 0 radical (unpaired) electrons. The summed E-state index contributed by atoms with van der Waals surface area (Å²) in [7, 11) is -4.85. The minimum atomic E-state index is -4.85. The molecule has 0 aliphatic heterocycles. The van der Waals surface area contributed by atoms with Crippen molar-refractivity contribution in [2.24, 2.45) is 22.9 Å². The Labute approximate surface area is 242 Å². The third-order valence-electron chi connectivity index (χ3n) is 5.90. The van der Waals surface area contributed by atoms with Crippen molar-refractivity contribution in [1.82, 2.24) is 16.1 Å². The maximum Gasteiger partial charge on any atom is 0.334 e. The maximum atomic E-state index is 13.4. The Balaban J connectivity index is 3.03. The molecule has 12 nitrogen and oxygen atoms in total. The summed E-state index contributed by atoms with van der Waals surface area (Å²) in [6.45, 7) is 11.0. The number of benzene rings is 1. The van der Waals surface area contributed by atoms with Gasteiger partial charge in [-0.25, -0.2) is 4.79 Å². The van der Waals surface area contributed by atoms with E-state index in [0.29, 0.717) is 0 Å². The number of amides is 2. The average molecular weight is 599 g/mol. The Kier molecular flexibility index (Phi) is 15.3. The SMILES string of the molecule is CC(C)C[C@@H](CS(=O)(=O)F)NC(=O)[C@H](CC(C)C)NC(=O)[C@H](CC(C)C)NOC(=O)C(Cc1ccccc1)N=[N+]=[N-]. The highest BCUT2D eigenvalue weighted by atomic mass is 32.3. The number of hydroxylamine groups is 1. The molecular formula is C27H43FN6O6S. The lowest BCUT2D eigenvalue weighted by Crippen LogP contribution is -2.55. The molecule has 4 atom stereocenters. The molecule has 0 bridgehead atoms. The molecule has 0 aromatic heterocycles. The summed E-state index contributed by atoms with van der Waals surface area (Å²) in [6, 6.07) is 4.64. The standard InChI is InChI=1S/C27H43FN6O6S/c1-17(2)12-21(16-41(28,38)39)30-25(35)22(13-18(3)4)31-26(36)23(14-19(5)6)33-40-27(37)24(32-34-29)15-20-10-8-7-9-11-20/h7-11,17-19,21-24,33H,12-16H2,1-6H3,(H,30,35)(H,31,36)/t21-,22-,23-,24?/m0/s1. The van der Waals surface area contributed by atoms with Crippen molar-refractivity contribution in [1.29, 1.82) is 0 Å².